The maximum absolute atomic E-state index is 6.85. The Balaban J connectivity index is 1.99. The molecule has 2 aliphatic rings. The summed E-state index contributed by atoms with van der Waals surface area (Å²) in [5, 5.41) is 0. The smallest absolute Gasteiger partial charge is 0.220 e. The van der Waals surface area contributed by atoms with Gasteiger partial charge in [-0.05, 0) is 33.1 Å². The molecule has 0 radical (unpaired) electrons. The molecule has 0 spiro atoms. The van der Waals surface area contributed by atoms with Gasteiger partial charge in [0.25, 0.3) is 0 Å². The van der Waals surface area contributed by atoms with Crippen molar-refractivity contribution in [1.29, 1.82) is 0 Å². The van der Waals surface area contributed by atoms with Crippen molar-refractivity contribution in [2.45, 2.75) is 122 Å². The van der Waals surface area contributed by atoms with Crippen LogP contribution < -0.4 is 0 Å². The second-order valence-electron chi connectivity index (χ2n) is 11.1. The molecule has 2 heterocycles. The Morgan fingerprint density at radius 2 is 1.46 bits per heavy atom. The van der Waals surface area contributed by atoms with Crippen LogP contribution in [0.5, 0.6) is 0 Å². The molecule has 1 aromatic rings. The summed E-state index contributed by atoms with van der Waals surface area (Å²) >= 11 is 0. The van der Waals surface area contributed by atoms with Crippen LogP contribution >= 0.6 is 0 Å². The number of unbranched alkanes of at least 4 members (excludes halogenated alkanes) is 3. The molecular formula is C32H54O9. The van der Waals surface area contributed by atoms with Gasteiger partial charge in [0.2, 0.25) is 11.6 Å². The van der Waals surface area contributed by atoms with E-state index in [9.17, 15) is 0 Å². The summed E-state index contributed by atoms with van der Waals surface area (Å²) in [6.07, 6.45) is 2.74. The molecule has 0 saturated carbocycles. The van der Waals surface area contributed by atoms with Gasteiger partial charge in [-0.1, -0.05) is 70.4 Å². The molecule has 2 saturated heterocycles. The zero-order valence-corrected chi connectivity index (χ0v) is 26.3. The Morgan fingerprint density at radius 1 is 0.829 bits per heavy atom. The summed E-state index contributed by atoms with van der Waals surface area (Å²) in [7, 11) is 3.18. The molecule has 0 bridgehead atoms. The molecule has 0 aliphatic carbocycles. The predicted octanol–water partition coefficient (Wildman–Crippen LogP) is 5.80. The van der Waals surface area contributed by atoms with E-state index in [1.165, 1.54) is 0 Å². The molecule has 9 nitrogen and oxygen atoms in total. The molecule has 0 amide bonds. The molecule has 1 aromatic carbocycles. The van der Waals surface area contributed by atoms with Crippen molar-refractivity contribution >= 4 is 0 Å². The normalized spacial score (nSPS) is 33.1. The molecule has 3 unspecified atom stereocenters. The quantitative estimate of drug-likeness (QED) is 0.200. The molecule has 3 rings (SSSR count). The van der Waals surface area contributed by atoms with Crippen LogP contribution in [0, 0.1) is 0 Å². The van der Waals surface area contributed by atoms with Gasteiger partial charge >= 0.3 is 0 Å². The average Bonchev–Trinajstić information content (AvgIpc) is 3.00. The first-order chi connectivity index (χ1) is 19.9. The summed E-state index contributed by atoms with van der Waals surface area (Å²) in [4.78, 5) is 0. The summed E-state index contributed by atoms with van der Waals surface area (Å²) in [6, 6.07) is 9.91. The molecule has 0 N–H and O–H groups in total. The van der Waals surface area contributed by atoms with Gasteiger partial charge in [-0.3, -0.25) is 0 Å². The van der Waals surface area contributed by atoms with E-state index < -0.39 is 42.3 Å². The third-order valence-electron chi connectivity index (χ3n) is 8.05. The fourth-order valence-corrected chi connectivity index (χ4v) is 5.08. The lowest BCUT2D eigenvalue weighted by molar-refractivity contribution is -0.469. The van der Waals surface area contributed by atoms with Crippen molar-refractivity contribution in [3.05, 3.63) is 35.9 Å². The first kappa shape index (κ1) is 34.4. The largest absolute Gasteiger partial charge is 0.379 e. The van der Waals surface area contributed by atoms with Crippen molar-refractivity contribution in [2.75, 3.05) is 47.3 Å². The first-order valence-electron chi connectivity index (χ1n) is 15.4. The zero-order valence-electron chi connectivity index (χ0n) is 26.3. The second-order valence-corrected chi connectivity index (χ2v) is 11.1. The molecule has 41 heavy (non-hydrogen) atoms. The first-order valence-corrected chi connectivity index (χ1v) is 15.4. The van der Waals surface area contributed by atoms with Gasteiger partial charge in [0.15, 0.2) is 6.29 Å². The van der Waals surface area contributed by atoms with E-state index in [0.29, 0.717) is 33.0 Å². The van der Waals surface area contributed by atoms with Gasteiger partial charge in [0.1, 0.15) is 30.5 Å². The van der Waals surface area contributed by atoms with Crippen LogP contribution in [-0.2, 0) is 42.6 Å². The average molecular weight is 583 g/mol. The van der Waals surface area contributed by atoms with Crippen molar-refractivity contribution in [3.63, 3.8) is 0 Å². The minimum absolute atomic E-state index is 0.347. The van der Waals surface area contributed by atoms with Gasteiger partial charge in [-0.15, -0.1) is 0 Å². The van der Waals surface area contributed by atoms with E-state index in [2.05, 4.69) is 20.8 Å². The summed E-state index contributed by atoms with van der Waals surface area (Å²) in [6.45, 7) is 12.6. The van der Waals surface area contributed by atoms with E-state index >= 15 is 0 Å². The topological polar surface area (TPSA) is 83.1 Å². The highest BCUT2D eigenvalue weighted by Crippen LogP contribution is 2.44. The van der Waals surface area contributed by atoms with Crippen LogP contribution in [-0.4, -0.2) is 89.3 Å². The SMILES string of the molecule is CCCCOC[C@H](OCCCC)[C@@H]1OC(C)(OC)C(C)(OC)O[C@H]1[C@@H]1OC(c2ccccc2)OC[C@H]1OCCCC. The van der Waals surface area contributed by atoms with Crippen molar-refractivity contribution in [3.8, 4) is 0 Å². The lowest BCUT2D eigenvalue weighted by Gasteiger charge is -2.55. The van der Waals surface area contributed by atoms with E-state index in [1.54, 1.807) is 14.2 Å². The van der Waals surface area contributed by atoms with E-state index in [-0.39, 0.29) is 6.10 Å². The van der Waals surface area contributed by atoms with Crippen LogP contribution in [0.3, 0.4) is 0 Å². The number of hydrogen-bond donors (Lipinski definition) is 0. The van der Waals surface area contributed by atoms with Crippen LogP contribution in [0.2, 0.25) is 0 Å². The highest BCUT2D eigenvalue weighted by Gasteiger charge is 2.61. The monoisotopic (exact) mass is 582 g/mol. The third-order valence-corrected chi connectivity index (χ3v) is 8.05. The van der Waals surface area contributed by atoms with Crippen molar-refractivity contribution < 1.29 is 42.6 Å². The van der Waals surface area contributed by atoms with Crippen molar-refractivity contribution in [1.82, 2.24) is 0 Å². The van der Waals surface area contributed by atoms with Crippen molar-refractivity contribution in [2.24, 2.45) is 0 Å². The number of rotatable bonds is 18. The number of benzene rings is 1. The summed E-state index contributed by atoms with van der Waals surface area (Å²) in [5.74, 6) is -2.46. The lowest BCUT2D eigenvalue weighted by Crippen LogP contribution is -2.71. The van der Waals surface area contributed by atoms with Gasteiger partial charge in [-0.2, -0.15) is 0 Å². The van der Waals surface area contributed by atoms with Gasteiger partial charge in [-0.25, -0.2) is 0 Å². The van der Waals surface area contributed by atoms with Crippen LogP contribution in [0.4, 0.5) is 0 Å². The summed E-state index contributed by atoms with van der Waals surface area (Å²) < 4.78 is 57.3. The second kappa shape index (κ2) is 17.2. The highest BCUT2D eigenvalue weighted by atomic mass is 16.8. The maximum Gasteiger partial charge on any atom is 0.220 e. The fraction of sp³-hybridized carbons (Fsp3) is 0.812. The number of hydrogen-bond acceptors (Lipinski definition) is 9. The van der Waals surface area contributed by atoms with E-state index in [4.69, 9.17) is 42.6 Å². The predicted molar refractivity (Wildman–Crippen MR) is 156 cm³/mol. The molecular weight excluding hydrogens is 528 g/mol. The standard InChI is InChI=1S/C32H54O9/c1-8-11-19-35-22-25(36-20-12-9-2)28-29(41-32(5,34-7)31(4,33-6)40-28)27-26(37-21-13-10-3)23-38-30(39-27)24-17-15-14-16-18-24/h14-18,25-30H,8-13,19-23H2,1-7H3/t25-,26+,27+,28-,29-,30?,31?,32?/m0/s1. The molecule has 8 atom stereocenters. The van der Waals surface area contributed by atoms with Crippen LogP contribution in [0.15, 0.2) is 30.3 Å². The van der Waals surface area contributed by atoms with Gasteiger partial charge < -0.3 is 42.6 Å². The lowest BCUT2D eigenvalue weighted by atomic mass is 9.93. The number of methoxy groups -OCH3 is 2. The minimum atomic E-state index is -1.24. The van der Waals surface area contributed by atoms with Gasteiger partial charge in [0, 0.05) is 39.6 Å². The Hall–Kier alpha value is -1.14. The molecule has 9 heteroatoms. The Kier molecular flexibility index (Phi) is 14.4. The van der Waals surface area contributed by atoms with Crippen LogP contribution in [0.1, 0.15) is 85.0 Å². The number of ether oxygens (including phenoxy) is 9. The molecule has 2 aliphatic heterocycles. The Bertz CT molecular complexity index is 842. The molecule has 2 fully saturated rings. The Morgan fingerprint density at radius 3 is 2.12 bits per heavy atom. The third kappa shape index (κ3) is 8.94. The molecule has 0 aromatic heterocycles. The van der Waals surface area contributed by atoms with E-state index in [0.717, 1.165) is 44.1 Å². The van der Waals surface area contributed by atoms with E-state index in [1.807, 2.05) is 44.2 Å². The Labute approximate surface area is 247 Å². The molecule has 236 valence electrons. The zero-order chi connectivity index (χ0) is 29.7. The van der Waals surface area contributed by atoms with Crippen LogP contribution in [0.25, 0.3) is 0 Å². The minimum Gasteiger partial charge on any atom is -0.379 e. The highest BCUT2D eigenvalue weighted by molar-refractivity contribution is 5.16. The van der Waals surface area contributed by atoms with Gasteiger partial charge in [0.05, 0.1) is 13.2 Å². The maximum atomic E-state index is 6.85. The fourth-order valence-electron chi connectivity index (χ4n) is 5.08. The summed E-state index contributed by atoms with van der Waals surface area (Å²) in [5.41, 5.74) is 0.924.